The van der Waals surface area contributed by atoms with Crippen LogP contribution in [0.1, 0.15) is 15.9 Å². The van der Waals surface area contributed by atoms with E-state index in [9.17, 15) is 26.7 Å². The predicted molar refractivity (Wildman–Crippen MR) is 43.5 cm³/mol. The molecule has 0 aliphatic carbocycles. The van der Waals surface area contributed by atoms with Crippen LogP contribution in [0.5, 0.6) is 5.75 Å². The van der Waals surface area contributed by atoms with Crippen molar-refractivity contribution in [3.8, 4) is 5.75 Å². The average molecular weight is 240 g/mol. The summed E-state index contributed by atoms with van der Waals surface area (Å²) in [5, 5.41) is 0. The number of carbonyl (C=O) groups is 1. The number of aldehydes is 1. The lowest BCUT2D eigenvalue weighted by Gasteiger charge is -2.13. The van der Waals surface area contributed by atoms with Crippen LogP contribution in [0.4, 0.5) is 22.0 Å². The molecule has 1 aromatic rings. The summed E-state index contributed by atoms with van der Waals surface area (Å²) in [6.07, 6.45) is -4.58. The fraction of sp³-hybridized carbons (Fsp3) is 0.222. The molecule has 0 saturated heterocycles. The van der Waals surface area contributed by atoms with Crippen molar-refractivity contribution in [2.45, 2.75) is 12.8 Å². The fourth-order valence-electron chi connectivity index (χ4n) is 1.04. The van der Waals surface area contributed by atoms with E-state index in [1.54, 1.807) is 0 Å². The molecule has 0 aliphatic rings. The molecule has 7 heteroatoms. The quantitative estimate of drug-likeness (QED) is 0.599. The third-order valence-corrected chi connectivity index (χ3v) is 1.66. The molecule has 0 N–H and O–H groups in total. The topological polar surface area (TPSA) is 26.3 Å². The zero-order valence-corrected chi connectivity index (χ0v) is 7.59. The Balaban J connectivity index is 3.21. The van der Waals surface area contributed by atoms with Gasteiger partial charge in [0, 0.05) is 5.56 Å². The highest BCUT2D eigenvalue weighted by Crippen LogP contribution is 2.37. The van der Waals surface area contributed by atoms with Gasteiger partial charge in [0.1, 0.15) is 12.0 Å². The number of rotatable bonds is 3. The molecule has 0 radical (unpaired) electrons. The zero-order valence-electron chi connectivity index (χ0n) is 7.59. The Kier molecular flexibility index (Phi) is 3.46. The zero-order chi connectivity index (χ0) is 12.3. The van der Waals surface area contributed by atoms with E-state index in [0.717, 1.165) is 6.07 Å². The van der Waals surface area contributed by atoms with Gasteiger partial charge in [0.15, 0.2) is 0 Å². The van der Waals surface area contributed by atoms with Crippen LogP contribution in [0.2, 0.25) is 0 Å². The third kappa shape index (κ3) is 2.91. The molecule has 0 aliphatic heterocycles. The molecule has 0 heterocycles. The van der Waals surface area contributed by atoms with Gasteiger partial charge >= 0.3 is 12.8 Å². The van der Waals surface area contributed by atoms with Gasteiger partial charge in [-0.05, 0) is 12.1 Å². The first kappa shape index (κ1) is 12.4. The van der Waals surface area contributed by atoms with Crippen LogP contribution in [0.3, 0.4) is 0 Å². The third-order valence-electron chi connectivity index (χ3n) is 1.66. The van der Waals surface area contributed by atoms with E-state index in [-0.39, 0.29) is 11.8 Å². The van der Waals surface area contributed by atoms with Crippen molar-refractivity contribution in [1.29, 1.82) is 0 Å². The summed E-state index contributed by atoms with van der Waals surface area (Å²) >= 11 is 0. The Morgan fingerprint density at radius 2 is 1.88 bits per heavy atom. The van der Waals surface area contributed by atoms with Gasteiger partial charge in [-0.3, -0.25) is 4.79 Å². The number of benzene rings is 1. The Bertz CT molecular complexity index is 386. The molecule has 16 heavy (non-hydrogen) atoms. The molecule has 1 rings (SSSR count). The van der Waals surface area contributed by atoms with Gasteiger partial charge in [-0.25, -0.2) is 0 Å². The minimum Gasteiger partial charge on any atom is -0.434 e. The number of halogens is 5. The molecule has 0 aromatic heterocycles. The molecule has 0 amide bonds. The van der Waals surface area contributed by atoms with Crippen molar-refractivity contribution in [1.82, 2.24) is 0 Å². The van der Waals surface area contributed by atoms with Crippen LogP contribution >= 0.6 is 0 Å². The lowest BCUT2D eigenvalue weighted by molar-refractivity contribution is -0.141. The first-order valence-electron chi connectivity index (χ1n) is 3.96. The lowest BCUT2D eigenvalue weighted by atomic mass is 10.1. The van der Waals surface area contributed by atoms with Crippen LogP contribution in [0.25, 0.3) is 0 Å². The Hall–Kier alpha value is -1.66. The second-order valence-corrected chi connectivity index (χ2v) is 2.75. The van der Waals surface area contributed by atoms with Gasteiger partial charge < -0.3 is 4.74 Å². The van der Waals surface area contributed by atoms with Gasteiger partial charge in [-0.15, -0.1) is 0 Å². The van der Waals surface area contributed by atoms with E-state index < -0.39 is 24.1 Å². The standard InChI is InChI=1S/C9H5F5O2/c10-8(11)16-7-3-5(4-15)1-2-6(7)9(12,13)14/h1-4,8H. The summed E-state index contributed by atoms with van der Waals surface area (Å²) in [4.78, 5) is 10.3. The van der Waals surface area contributed by atoms with Crippen LogP contribution in [-0.4, -0.2) is 12.9 Å². The molecule has 0 fully saturated rings. The molecular weight excluding hydrogens is 235 g/mol. The van der Waals surface area contributed by atoms with Crippen molar-refractivity contribution in [3.05, 3.63) is 29.3 Å². The highest BCUT2D eigenvalue weighted by Gasteiger charge is 2.35. The summed E-state index contributed by atoms with van der Waals surface area (Å²) < 4.78 is 64.4. The molecule has 0 spiro atoms. The molecule has 0 saturated carbocycles. The summed E-state index contributed by atoms with van der Waals surface area (Å²) in [5.74, 6) is -1.06. The molecule has 88 valence electrons. The Morgan fingerprint density at radius 1 is 1.25 bits per heavy atom. The van der Waals surface area contributed by atoms with Crippen molar-refractivity contribution in [3.63, 3.8) is 0 Å². The lowest BCUT2D eigenvalue weighted by Crippen LogP contribution is -2.11. The largest absolute Gasteiger partial charge is 0.434 e. The number of hydrogen-bond acceptors (Lipinski definition) is 2. The van der Waals surface area contributed by atoms with E-state index in [4.69, 9.17) is 0 Å². The summed E-state index contributed by atoms with van der Waals surface area (Å²) in [6.45, 7) is -3.39. The highest BCUT2D eigenvalue weighted by molar-refractivity contribution is 5.76. The molecule has 1 aromatic carbocycles. The smallest absolute Gasteiger partial charge is 0.419 e. The number of ether oxygens (including phenoxy) is 1. The number of alkyl halides is 5. The second-order valence-electron chi connectivity index (χ2n) is 2.75. The van der Waals surface area contributed by atoms with Crippen molar-refractivity contribution >= 4 is 6.29 Å². The van der Waals surface area contributed by atoms with E-state index in [1.165, 1.54) is 0 Å². The summed E-state index contributed by atoms with van der Waals surface area (Å²) in [7, 11) is 0. The number of hydrogen-bond donors (Lipinski definition) is 0. The maximum absolute atomic E-state index is 12.3. The van der Waals surface area contributed by atoms with Gasteiger partial charge in [0.25, 0.3) is 0 Å². The van der Waals surface area contributed by atoms with Crippen LogP contribution in [0, 0.1) is 0 Å². The van der Waals surface area contributed by atoms with E-state index in [1.807, 2.05) is 0 Å². The first-order chi connectivity index (χ1) is 7.34. The summed E-state index contributed by atoms with van der Waals surface area (Å²) in [6, 6.07) is 2.00. The van der Waals surface area contributed by atoms with Crippen LogP contribution < -0.4 is 4.74 Å². The minimum atomic E-state index is -4.81. The first-order valence-corrected chi connectivity index (χ1v) is 3.96. The number of carbonyl (C=O) groups excluding carboxylic acids is 1. The van der Waals surface area contributed by atoms with Gasteiger partial charge in [0.05, 0.1) is 5.56 Å². The summed E-state index contributed by atoms with van der Waals surface area (Å²) in [5.41, 5.74) is -1.53. The van der Waals surface area contributed by atoms with Crippen molar-refractivity contribution in [2.75, 3.05) is 0 Å². The monoisotopic (exact) mass is 240 g/mol. The SMILES string of the molecule is O=Cc1ccc(C(F)(F)F)c(OC(F)F)c1. The maximum Gasteiger partial charge on any atom is 0.419 e. The van der Waals surface area contributed by atoms with Gasteiger partial charge in [0.2, 0.25) is 0 Å². The molecule has 0 atom stereocenters. The van der Waals surface area contributed by atoms with Crippen molar-refractivity contribution in [2.24, 2.45) is 0 Å². The van der Waals surface area contributed by atoms with Crippen LogP contribution in [-0.2, 0) is 6.18 Å². The molecule has 0 bridgehead atoms. The van der Waals surface area contributed by atoms with E-state index in [0.29, 0.717) is 12.1 Å². The molecule has 0 unspecified atom stereocenters. The van der Waals surface area contributed by atoms with Gasteiger partial charge in [-0.2, -0.15) is 22.0 Å². The fourth-order valence-corrected chi connectivity index (χ4v) is 1.04. The molecular formula is C9H5F5O2. The normalized spacial score (nSPS) is 11.6. The van der Waals surface area contributed by atoms with E-state index >= 15 is 0 Å². The Labute approximate surface area is 86.6 Å². The minimum absolute atomic E-state index is 0.177. The van der Waals surface area contributed by atoms with Gasteiger partial charge in [-0.1, -0.05) is 6.07 Å². The van der Waals surface area contributed by atoms with Crippen molar-refractivity contribution < 1.29 is 31.5 Å². The average Bonchev–Trinajstić information content (AvgIpc) is 2.14. The highest BCUT2D eigenvalue weighted by atomic mass is 19.4. The van der Waals surface area contributed by atoms with E-state index in [2.05, 4.69) is 4.74 Å². The molecule has 2 nitrogen and oxygen atoms in total. The second kappa shape index (κ2) is 4.46. The predicted octanol–water partition coefficient (Wildman–Crippen LogP) is 3.12. The maximum atomic E-state index is 12.3. The van der Waals surface area contributed by atoms with Crippen LogP contribution in [0.15, 0.2) is 18.2 Å². The Morgan fingerprint density at radius 3 is 2.31 bits per heavy atom.